The third kappa shape index (κ3) is 4.68. The van der Waals surface area contributed by atoms with Crippen molar-refractivity contribution in [3.05, 3.63) is 28.8 Å². The number of nitrogens with one attached hydrogen (secondary N) is 1. The zero-order valence-corrected chi connectivity index (χ0v) is 12.2. The van der Waals surface area contributed by atoms with Gasteiger partial charge in [0.1, 0.15) is 5.75 Å². The highest BCUT2D eigenvalue weighted by Gasteiger charge is 2.14. The summed E-state index contributed by atoms with van der Waals surface area (Å²) in [6.45, 7) is 5.41. The average molecular weight is 284 g/mol. The van der Waals surface area contributed by atoms with E-state index in [1.54, 1.807) is 0 Å². The second-order valence-electron chi connectivity index (χ2n) is 4.88. The number of benzene rings is 1. The minimum absolute atomic E-state index is 0.377. The van der Waals surface area contributed by atoms with Crippen LogP contribution in [0.2, 0.25) is 5.02 Å². The van der Waals surface area contributed by atoms with Crippen LogP contribution in [0.1, 0.15) is 31.7 Å². The molecule has 0 amide bonds. The van der Waals surface area contributed by atoms with E-state index < -0.39 is 0 Å². The Labute approximate surface area is 120 Å². The van der Waals surface area contributed by atoms with Crippen LogP contribution in [0.5, 0.6) is 5.75 Å². The van der Waals surface area contributed by atoms with Crippen LogP contribution in [-0.2, 0) is 11.3 Å². The molecule has 1 aromatic carbocycles. The second-order valence-corrected chi connectivity index (χ2v) is 5.29. The van der Waals surface area contributed by atoms with Gasteiger partial charge in [-0.3, -0.25) is 0 Å². The maximum absolute atomic E-state index is 6.19. The molecule has 1 atom stereocenters. The lowest BCUT2D eigenvalue weighted by Crippen LogP contribution is -2.25. The normalized spacial score (nSPS) is 18.7. The summed E-state index contributed by atoms with van der Waals surface area (Å²) >= 11 is 6.19. The molecule has 2 rings (SSSR count). The summed E-state index contributed by atoms with van der Waals surface area (Å²) in [4.78, 5) is 0. The van der Waals surface area contributed by atoms with Crippen LogP contribution in [0.4, 0.5) is 0 Å². The highest BCUT2D eigenvalue weighted by Crippen LogP contribution is 2.25. The predicted molar refractivity (Wildman–Crippen MR) is 77.9 cm³/mol. The number of hydrogen-bond acceptors (Lipinski definition) is 3. The van der Waals surface area contributed by atoms with Crippen molar-refractivity contribution in [2.24, 2.45) is 0 Å². The van der Waals surface area contributed by atoms with Gasteiger partial charge in [0.15, 0.2) is 0 Å². The van der Waals surface area contributed by atoms with Crippen molar-refractivity contribution in [1.82, 2.24) is 5.32 Å². The van der Waals surface area contributed by atoms with Crippen LogP contribution in [-0.4, -0.2) is 25.9 Å². The van der Waals surface area contributed by atoms with E-state index in [1.807, 2.05) is 12.1 Å². The lowest BCUT2D eigenvalue weighted by molar-refractivity contribution is 0.110. The van der Waals surface area contributed by atoms with Crippen molar-refractivity contribution >= 4 is 11.6 Å². The Balaban J connectivity index is 1.78. The molecule has 0 unspecified atom stereocenters. The van der Waals surface area contributed by atoms with E-state index in [0.717, 1.165) is 38.3 Å². The molecule has 19 heavy (non-hydrogen) atoms. The summed E-state index contributed by atoms with van der Waals surface area (Å²) in [5, 5.41) is 4.09. The fourth-order valence-corrected chi connectivity index (χ4v) is 2.42. The van der Waals surface area contributed by atoms with Gasteiger partial charge in [-0.1, -0.05) is 24.6 Å². The zero-order chi connectivity index (χ0) is 13.5. The molecular weight excluding hydrogens is 262 g/mol. The van der Waals surface area contributed by atoms with Crippen LogP contribution in [0.25, 0.3) is 0 Å². The van der Waals surface area contributed by atoms with E-state index in [-0.39, 0.29) is 0 Å². The van der Waals surface area contributed by atoms with Gasteiger partial charge in [-0.25, -0.2) is 0 Å². The van der Waals surface area contributed by atoms with Gasteiger partial charge < -0.3 is 14.8 Å². The van der Waals surface area contributed by atoms with Gasteiger partial charge in [-0.05, 0) is 37.0 Å². The van der Waals surface area contributed by atoms with Crippen molar-refractivity contribution in [1.29, 1.82) is 0 Å². The molecule has 1 fully saturated rings. The zero-order valence-electron chi connectivity index (χ0n) is 11.5. The van der Waals surface area contributed by atoms with Crippen LogP contribution in [0, 0.1) is 0 Å². The molecule has 106 valence electrons. The first-order chi connectivity index (χ1) is 9.29. The Kier molecular flexibility index (Phi) is 5.95. The lowest BCUT2D eigenvalue weighted by atomic mass is 10.2. The summed E-state index contributed by atoms with van der Waals surface area (Å²) in [7, 11) is 0. The molecular formula is C15H22ClNO2. The van der Waals surface area contributed by atoms with Crippen LogP contribution >= 0.6 is 11.6 Å². The standard InChI is InChI=1S/C15H22ClNO2/c1-2-7-19-15-6-5-12(9-14(15)16)10-17-11-13-4-3-8-18-13/h5-6,9,13,17H,2-4,7-8,10-11H2,1H3/t13-/m0/s1. The van der Waals surface area contributed by atoms with Crippen molar-refractivity contribution < 1.29 is 9.47 Å². The topological polar surface area (TPSA) is 30.5 Å². The third-order valence-electron chi connectivity index (χ3n) is 3.18. The summed E-state index contributed by atoms with van der Waals surface area (Å²) in [5.74, 6) is 0.770. The first-order valence-corrected chi connectivity index (χ1v) is 7.41. The highest BCUT2D eigenvalue weighted by atomic mass is 35.5. The van der Waals surface area contributed by atoms with E-state index in [2.05, 4.69) is 18.3 Å². The van der Waals surface area contributed by atoms with E-state index in [9.17, 15) is 0 Å². The van der Waals surface area contributed by atoms with Crippen LogP contribution < -0.4 is 10.1 Å². The Morgan fingerprint density at radius 2 is 2.37 bits per heavy atom. The van der Waals surface area contributed by atoms with Crippen molar-refractivity contribution in [3.8, 4) is 5.75 Å². The summed E-state index contributed by atoms with van der Waals surface area (Å²) < 4.78 is 11.1. The van der Waals surface area contributed by atoms with E-state index >= 15 is 0 Å². The molecule has 4 heteroatoms. The lowest BCUT2D eigenvalue weighted by Gasteiger charge is -2.12. The third-order valence-corrected chi connectivity index (χ3v) is 3.48. The molecule has 3 nitrogen and oxygen atoms in total. The van der Waals surface area contributed by atoms with E-state index in [0.29, 0.717) is 17.7 Å². The molecule has 1 N–H and O–H groups in total. The molecule has 1 aliphatic heterocycles. The van der Waals surface area contributed by atoms with E-state index in [1.165, 1.54) is 12.0 Å². The van der Waals surface area contributed by atoms with Gasteiger partial charge in [-0.2, -0.15) is 0 Å². The summed E-state index contributed by atoms with van der Waals surface area (Å²) in [6, 6.07) is 5.97. The molecule has 0 saturated carbocycles. The van der Waals surface area contributed by atoms with Gasteiger partial charge in [-0.15, -0.1) is 0 Å². The van der Waals surface area contributed by atoms with Gasteiger partial charge in [0, 0.05) is 19.7 Å². The quantitative estimate of drug-likeness (QED) is 0.832. The number of ether oxygens (including phenoxy) is 2. The van der Waals surface area contributed by atoms with Gasteiger partial charge in [0.25, 0.3) is 0 Å². The maximum Gasteiger partial charge on any atom is 0.137 e. The molecule has 1 aromatic rings. The van der Waals surface area contributed by atoms with Crippen molar-refractivity contribution in [2.45, 2.75) is 38.8 Å². The largest absolute Gasteiger partial charge is 0.492 e. The minimum atomic E-state index is 0.377. The first-order valence-electron chi connectivity index (χ1n) is 7.03. The first kappa shape index (κ1) is 14.6. The van der Waals surface area contributed by atoms with Crippen LogP contribution in [0.3, 0.4) is 0 Å². The molecule has 0 spiro atoms. The Morgan fingerprint density at radius 1 is 1.47 bits per heavy atom. The predicted octanol–water partition coefficient (Wildman–Crippen LogP) is 3.40. The van der Waals surface area contributed by atoms with Gasteiger partial charge in [0.2, 0.25) is 0 Å². The molecule has 1 saturated heterocycles. The minimum Gasteiger partial charge on any atom is -0.492 e. The summed E-state index contributed by atoms with van der Waals surface area (Å²) in [6.07, 6.45) is 3.71. The fourth-order valence-electron chi connectivity index (χ4n) is 2.17. The van der Waals surface area contributed by atoms with Crippen molar-refractivity contribution in [3.63, 3.8) is 0 Å². The van der Waals surface area contributed by atoms with E-state index in [4.69, 9.17) is 21.1 Å². The average Bonchev–Trinajstić information content (AvgIpc) is 2.91. The molecule has 0 aliphatic carbocycles. The van der Waals surface area contributed by atoms with Crippen LogP contribution in [0.15, 0.2) is 18.2 Å². The molecule has 1 aliphatic rings. The number of rotatable bonds is 7. The molecule has 0 radical (unpaired) electrons. The Morgan fingerprint density at radius 3 is 3.05 bits per heavy atom. The molecule has 0 bridgehead atoms. The number of halogens is 1. The number of hydrogen-bond donors (Lipinski definition) is 1. The Bertz CT molecular complexity index is 392. The maximum atomic E-state index is 6.19. The SMILES string of the molecule is CCCOc1ccc(CNC[C@@H]2CCCO2)cc1Cl. The Hall–Kier alpha value is -0.770. The smallest absolute Gasteiger partial charge is 0.137 e. The van der Waals surface area contributed by atoms with Crippen molar-refractivity contribution in [2.75, 3.05) is 19.8 Å². The molecule has 1 heterocycles. The highest BCUT2D eigenvalue weighted by molar-refractivity contribution is 6.32. The van der Waals surface area contributed by atoms with Gasteiger partial charge in [0.05, 0.1) is 17.7 Å². The summed E-state index contributed by atoms with van der Waals surface area (Å²) in [5.41, 5.74) is 1.17. The fraction of sp³-hybridized carbons (Fsp3) is 0.600. The monoisotopic (exact) mass is 283 g/mol. The second kappa shape index (κ2) is 7.73. The van der Waals surface area contributed by atoms with Gasteiger partial charge >= 0.3 is 0 Å². The molecule has 0 aromatic heterocycles.